The van der Waals surface area contributed by atoms with Crippen LogP contribution in [0.3, 0.4) is 0 Å². The van der Waals surface area contributed by atoms with Crippen LogP contribution in [0, 0.1) is 6.92 Å². The Kier molecular flexibility index (Phi) is 4.13. The molecule has 2 rings (SSSR count). The molecule has 0 saturated carbocycles. The Morgan fingerprint density at radius 1 is 1.42 bits per heavy atom. The molecule has 2 aromatic heterocycles. The molecule has 2 heterocycles. The highest BCUT2D eigenvalue weighted by atomic mass is 19.3. The maximum Gasteiger partial charge on any atom is 0.257 e. The minimum Gasteiger partial charge on any atom is -0.366 e. The molecule has 0 atom stereocenters. The van der Waals surface area contributed by atoms with Crippen molar-refractivity contribution >= 4 is 5.82 Å². The third-order valence-electron chi connectivity index (χ3n) is 2.69. The number of nitrogens with zero attached hydrogens (tertiary/aromatic N) is 4. The minimum atomic E-state index is -2.38. The fourth-order valence-corrected chi connectivity index (χ4v) is 1.86. The zero-order valence-electron chi connectivity index (χ0n) is 11.0. The first-order chi connectivity index (χ1) is 9.08. The molecule has 0 saturated heterocycles. The molecular formula is C12H17F2N5. The molecule has 1 N–H and O–H groups in total. The van der Waals surface area contributed by atoms with Crippen molar-refractivity contribution in [1.29, 1.82) is 0 Å². The van der Waals surface area contributed by atoms with Crippen molar-refractivity contribution in [3.63, 3.8) is 0 Å². The molecule has 0 aliphatic carbocycles. The number of aryl methyl sites for hydroxylation is 2. The lowest BCUT2D eigenvalue weighted by Crippen LogP contribution is -2.07. The van der Waals surface area contributed by atoms with Crippen LogP contribution < -0.4 is 5.32 Å². The van der Waals surface area contributed by atoms with E-state index in [4.69, 9.17) is 0 Å². The quantitative estimate of drug-likeness (QED) is 0.875. The number of aromatic nitrogens is 4. The standard InChI is InChI=1S/C12H17F2N5/c1-3-19-12(4-9(2)17-19)15-5-10-6-16-18(7-10)8-11(13)14/h4,6-7,11,15H,3,5,8H2,1-2H3. The first-order valence-corrected chi connectivity index (χ1v) is 6.16. The molecule has 0 aliphatic rings. The first kappa shape index (κ1) is 13.5. The van der Waals surface area contributed by atoms with Gasteiger partial charge in [-0.25, -0.2) is 13.5 Å². The number of rotatable bonds is 6. The van der Waals surface area contributed by atoms with E-state index in [0.29, 0.717) is 6.54 Å². The van der Waals surface area contributed by atoms with E-state index in [-0.39, 0.29) is 6.54 Å². The van der Waals surface area contributed by atoms with Crippen molar-refractivity contribution < 1.29 is 8.78 Å². The molecule has 0 amide bonds. The molecule has 0 radical (unpaired) electrons. The predicted octanol–water partition coefficient (Wildman–Crippen LogP) is 2.29. The largest absolute Gasteiger partial charge is 0.366 e. The summed E-state index contributed by atoms with van der Waals surface area (Å²) in [5, 5.41) is 11.4. The van der Waals surface area contributed by atoms with Gasteiger partial charge in [0.2, 0.25) is 0 Å². The number of alkyl halides is 2. The van der Waals surface area contributed by atoms with Crippen LogP contribution in [-0.2, 0) is 19.6 Å². The van der Waals surface area contributed by atoms with E-state index < -0.39 is 6.43 Å². The lowest BCUT2D eigenvalue weighted by molar-refractivity contribution is 0.122. The predicted molar refractivity (Wildman–Crippen MR) is 68.2 cm³/mol. The van der Waals surface area contributed by atoms with Crippen molar-refractivity contribution in [3.8, 4) is 0 Å². The molecule has 2 aromatic rings. The lowest BCUT2D eigenvalue weighted by atomic mass is 10.3. The molecule has 7 heteroatoms. The fourth-order valence-electron chi connectivity index (χ4n) is 1.86. The lowest BCUT2D eigenvalue weighted by Gasteiger charge is -2.06. The van der Waals surface area contributed by atoms with Gasteiger partial charge in [-0.1, -0.05) is 0 Å². The summed E-state index contributed by atoms with van der Waals surface area (Å²) in [6, 6.07) is 1.95. The van der Waals surface area contributed by atoms with Gasteiger partial charge in [-0.2, -0.15) is 10.2 Å². The van der Waals surface area contributed by atoms with Gasteiger partial charge in [-0.3, -0.25) is 4.68 Å². The monoisotopic (exact) mass is 269 g/mol. The van der Waals surface area contributed by atoms with E-state index in [0.717, 1.165) is 23.6 Å². The van der Waals surface area contributed by atoms with Gasteiger partial charge in [-0.05, 0) is 13.8 Å². The maximum absolute atomic E-state index is 12.2. The van der Waals surface area contributed by atoms with Crippen LogP contribution >= 0.6 is 0 Å². The number of halogens is 2. The Bertz CT molecular complexity index is 532. The molecule has 0 aliphatic heterocycles. The Labute approximate surface area is 110 Å². The van der Waals surface area contributed by atoms with Crippen molar-refractivity contribution in [2.24, 2.45) is 0 Å². The molecule has 0 unspecified atom stereocenters. The van der Waals surface area contributed by atoms with Gasteiger partial charge in [-0.15, -0.1) is 0 Å². The second-order valence-electron chi connectivity index (χ2n) is 4.30. The topological polar surface area (TPSA) is 47.7 Å². The Morgan fingerprint density at radius 3 is 2.89 bits per heavy atom. The summed E-state index contributed by atoms with van der Waals surface area (Å²) < 4.78 is 27.5. The fraction of sp³-hybridized carbons (Fsp3) is 0.500. The van der Waals surface area contributed by atoms with Crippen LogP contribution in [-0.4, -0.2) is 26.0 Å². The van der Waals surface area contributed by atoms with Crippen molar-refractivity contribution in [3.05, 3.63) is 29.7 Å². The van der Waals surface area contributed by atoms with Crippen LogP contribution in [0.15, 0.2) is 18.5 Å². The molecular weight excluding hydrogens is 252 g/mol. The molecule has 19 heavy (non-hydrogen) atoms. The third kappa shape index (κ3) is 3.52. The van der Waals surface area contributed by atoms with Crippen LogP contribution in [0.2, 0.25) is 0 Å². The average molecular weight is 269 g/mol. The molecule has 0 fully saturated rings. The van der Waals surface area contributed by atoms with Gasteiger partial charge in [0.1, 0.15) is 12.4 Å². The zero-order valence-corrected chi connectivity index (χ0v) is 11.0. The van der Waals surface area contributed by atoms with E-state index in [1.165, 1.54) is 4.68 Å². The molecule has 0 bridgehead atoms. The zero-order chi connectivity index (χ0) is 13.8. The summed E-state index contributed by atoms with van der Waals surface area (Å²) in [6.45, 7) is 4.89. The third-order valence-corrected chi connectivity index (χ3v) is 2.69. The highest BCUT2D eigenvalue weighted by Crippen LogP contribution is 2.11. The second kappa shape index (κ2) is 5.81. The van der Waals surface area contributed by atoms with E-state index in [9.17, 15) is 8.78 Å². The van der Waals surface area contributed by atoms with E-state index >= 15 is 0 Å². The summed E-state index contributed by atoms with van der Waals surface area (Å²) in [7, 11) is 0. The molecule has 5 nitrogen and oxygen atoms in total. The Balaban J connectivity index is 1.96. The highest BCUT2D eigenvalue weighted by molar-refractivity contribution is 5.37. The van der Waals surface area contributed by atoms with Gasteiger partial charge >= 0.3 is 0 Å². The second-order valence-corrected chi connectivity index (χ2v) is 4.30. The van der Waals surface area contributed by atoms with Crippen LogP contribution in [0.25, 0.3) is 0 Å². The van der Waals surface area contributed by atoms with E-state index in [1.54, 1.807) is 12.4 Å². The Morgan fingerprint density at radius 2 is 2.21 bits per heavy atom. The normalized spacial score (nSPS) is 11.2. The summed E-state index contributed by atoms with van der Waals surface area (Å²) >= 11 is 0. The van der Waals surface area contributed by atoms with Crippen molar-refractivity contribution in [2.75, 3.05) is 5.32 Å². The number of nitrogens with one attached hydrogen (secondary N) is 1. The molecule has 0 aromatic carbocycles. The average Bonchev–Trinajstić information content (AvgIpc) is 2.92. The number of anilines is 1. The molecule has 104 valence electrons. The van der Waals surface area contributed by atoms with Gasteiger partial charge in [0.25, 0.3) is 6.43 Å². The number of hydrogen-bond donors (Lipinski definition) is 1. The van der Waals surface area contributed by atoms with Crippen molar-refractivity contribution in [2.45, 2.75) is 39.9 Å². The summed E-state index contributed by atoms with van der Waals surface area (Å²) in [4.78, 5) is 0. The summed E-state index contributed by atoms with van der Waals surface area (Å²) in [5.41, 5.74) is 1.81. The number of hydrogen-bond acceptors (Lipinski definition) is 3. The molecule has 0 spiro atoms. The highest BCUT2D eigenvalue weighted by Gasteiger charge is 2.07. The van der Waals surface area contributed by atoms with E-state index in [1.807, 2.05) is 24.6 Å². The minimum absolute atomic E-state index is 0.369. The summed E-state index contributed by atoms with van der Waals surface area (Å²) in [6.07, 6.45) is 0.831. The van der Waals surface area contributed by atoms with Gasteiger partial charge in [0.15, 0.2) is 0 Å². The van der Waals surface area contributed by atoms with Gasteiger partial charge in [0, 0.05) is 30.9 Å². The van der Waals surface area contributed by atoms with Crippen molar-refractivity contribution in [1.82, 2.24) is 19.6 Å². The van der Waals surface area contributed by atoms with E-state index in [2.05, 4.69) is 15.5 Å². The van der Waals surface area contributed by atoms with Gasteiger partial charge in [0.05, 0.1) is 11.9 Å². The van der Waals surface area contributed by atoms with Crippen LogP contribution in [0.4, 0.5) is 14.6 Å². The first-order valence-electron chi connectivity index (χ1n) is 6.16. The summed E-state index contributed by atoms with van der Waals surface area (Å²) in [5.74, 6) is 0.918. The van der Waals surface area contributed by atoms with Crippen LogP contribution in [0.1, 0.15) is 18.2 Å². The maximum atomic E-state index is 12.2. The smallest absolute Gasteiger partial charge is 0.257 e. The van der Waals surface area contributed by atoms with Gasteiger partial charge < -0.3 is 5.32 Å². The van der Waals surface area contributed by atoms with Crippen LogP contribution in [0.5, 0.6) is 0 Å². The Hall–Kier alpha value is -1.92. The SMILES string of the molecule is CCn1nc(C)cc1NCc1cnn(CC(F)F)c1.